The first kappa shape index (κ1) is 11.1. The van der Waals surface area contributed by atoms with E-state index in [0.29, 0.717) is 0 Å². The molecule has 64 valence electrons. The predicted molar refractivity (Wildman–Crippen MR) is 51.5 cm³/mol. The van der Waals surface area contributed by atoms with Crippen molar-refractivity contribution in [2.24, 2.45) is 0 Å². The molecule has 0 nitrogen and oxygen atoms in total. The molecule has 0 aliphatic rings. The van der Waals surface area contributed by atoms with Gasteiger partial charge in [-0.15, -0.1) is 0 Å². The molecule has 0 aromatic heterocycles. The highest BCUT2D eigenvalue weighted by molar-refractivity contribution is 8.05. The van der Waals surface area contributed by atoms with Gasteiger partial charge < -0.3 is 0 Å². The molecule has 11 heavy (non-hydrogen) atoms. The summed E-state index contributed by atoms with van der Waals surface area (Å²) in [6.07, 6.45) is 5.56. The summed E-state index contributed by atoms with van der Waals surface area (Å²) in [7, 11) is 0. The summed E-state index contributed by atoms with van der Waals surface area (Å²) in [5.41, 5.74) is 0. The lowest BCUT2D eigenvalue weighted by Gasteiger charge is -2.09. The lowest BCUT2D eigenvalue weighted by molar-refractivity contribution is 0.434. The molecule has 0 rings (SSSR count). The normalized spacial score (nSPS) is 18.8. The first-order chi connectivity index (χ1) is 4.95. The first-order valence-electron chi connectivity index (χ1n) is 3.32. The van der Waals surface area contributed by atoms with E-state index in [-0.39, 0.29) is 0 Å². The van der Waals surface area contributed by atoms with E-state index in [1.807, 2.05) is 32.1 Å². The van der Waals surface area contributed by atoms with Gasteiger partial charge in [0, 0.05) is 0 Å². The van der Waals surface area contributed by atoms with E-state index in [0.717, 1.165) is 16.7 Å². The molecule has 0 fully saturated rings. The maximum absolute atomic E-state index is 12.7. The second kappa shape index (κ2) is 4.83. The molecule has 1 atom stereocenters. The molecule has 1 unspecified atom stereocenters. The Hall–Kier alpha value is 0.0500. The topological polar surface area (TPSA) is 0 Å². The van der Waals surface area contributed by atoms with Gasteiger partial charge in [-0.1, -0.05) is 41.6 Å². The third-order valence-corrected chi connectivity index (χ3v) is 1.91. The molecule has 0 amide bonds. The van der Waals surface area contributed by atoms with Gasteiger partial charge in [0.05, 0.1) is 0 Å². The minimum atomic E-state index is -1.69. The highest BCUT2D eigenvalue weighted by atomic mass is 35.5. The Morgan fingerprint density at radius 2 is 2.18 bits per heavy atom. The SMILES string of the molecule is C/C=C\C=C(/C)SC(C)(F)Cl. The Balaban J connectivity index is 3.96. The van der Waals surface area contributed by atoms with Crippen molar-refractivity contribution in [2.75, 3.05) is 0 Å². The van der Waals surface area contributed by atoms with Crippen LogP contribution in [0.15, 0.2) is 23.1 Å². The number of hydrogen-bond donors (Lipinski definition) is 0. The third-order valence-electron chi connectivity index (χ3n) is 0.864. The standard InChI is InChI=1S/C8H12ClFS/c1-4-5-6-7(2)11-8(3,9)10/h4-6H,1-3H3/b5-4-,7-6+. The summed E-state index contributed by atoms with van der Waals surface area (Å²) in [4.78, 5) is 0.864. The molecule has 0 heterocycles. The van der Waals surface area contributed by atoms with Gasteiger partial charge in [0.1, 0.15) is 0 Å². The van der Waals surface area contributed by atoms with Crippen LogP contribution in [0.3, 0.4) is 0 Å². The fraction of sp³-hybridized carbons (Fsp3) is 0.500. The van der Waals surface area contributed by atoms with Crippen LogP contribution in [0, 0.1) is 0 Å². The van der Waals surface area contributed by atoms with Crippen molar-refractivity contribution < 1.29 is 4.39 Å². The number of alkyl halides is 2. The average molecular weight is 195 g/mol. The summed E-state index contributed by atoms with van der Waals surface area (Å²) >= 11 is 6.34. The van der Waals surface area contributed by atoms with Crippen LogP contribution < -0.4 is 0 Å². The molecular weight excluding hydrogens is 183 g/mol. The van der Waals surface area contributed by atoms with E-state index in [1.54, 1.807) is 0 Å². The molecule has 0 N–H and O–H groups in total. The molecule has 0 saturated carbocycles. The number of rotatable bonds is 3. The van der Waals surface area contributed by atoms with E-state index in [2.05, 4.69) is 0 Å². The van der Waals surface area contributed by atoms with Crippen LogP contribution in [0.2, 0.25) is 0 Å². The van der Waals surface area contributed by atoms with Gasteiger partial charge in [-0.25, -0.2) is 4.39 Å². The smallest absolute Gasteiger partial charge is 0.214 e. The summed E-state index contributed by atoms with van der Waals surface area (Å²) < 4.78 is 11.0. The summed E-state index contributed by atoms with van der Waals surface area (Å²) in [6, 6.07) is 0. The number of allylic oxidation sites excluding steroid dienone is 4. The zero-order valence-electron chi connectivity index (χ0n) is 6.90. The Morgan fingerprint density at radius 1 is 1.64 bits per heavy atom. The fourth-order valence-electron chi connectivity index (χ4n) is 0.548. The molecule has 0 radical (unpaired) electrons. The van der Waals surface area contributed by atoms with Crippen molar-refractivity contribution in [1.82, 2.24) is 0 Å². The highest BCUT2D eigenvalue weighted by Gasteiger charge is 2.19. The number of thioether (sulfide) groups is 1. The van der Waals surface area contributed by atoms with Gasteiger partial charge in [-0.05, 0) is 25.7 Å². The van der Waals surface area contributed by atoms with Crippen LogP contribution in [0.4, 0.5) is 4.39 Å². The minimum Gasteiger partial charge on any atom is -0.214 e. The van der Waals surface area contributed by atoms with Crippen molar-refractivity contribution in [3.8, 4) is 0 Å². The molecule has 0 aromatic rings. The summed E-state index contributed by atoms with van der Waals surface area (Å²) in [6.45, 7) is 5.06. The van der Waals surface area contributed by atoms with E-state index in [4.69, 9.17) is 11.6 Å². The van der Waals surface area contributed by atoms with Gasteiger partial charge in [0.2, 0.25) is 4.46 Å². The minimum absolute atomic E-state index is 0.864. The van der Waals surface area contributed by atoms with Gasteiger partial charge in [0.15, 0.2) is 0 Å². The average Bonchev–Trinajstić information content (AvgIpc) is 1.79. The monoisotopic (exact) mass is 194 g/mol. The van der Waals surface area contributed by atoms with E-state index < -0.39 is 4.46 Å². The van der Waals surface area contributed by atoms with E-state index >= 15 is 0 Å². The molecule has 0 saturated heterocycles. The number of halogens is 2. The molecule has 0 bridgehead atoms. The summed E-state index contributed by atoms with van der Waals surface area (Å²) in [5.74, 6) is 0. The van der Waals surface area contributed by atoms with Crippen molar-refractivity contribution in [3.63, 3.8) is 0 Å². The lowest BCUT2D eigenvalue weighted by Crippen LogP contribution is -1.99. The lowest BCUT2D eigenvalue weighted by atomic mass is 10.5. The van der Waals surface area contributed by atoms with Gasteiger partial charge >= 0.3 is 0 Å². The molecule has 0 aromatic carbocycles. The molecule has 0 aliphatic heterocycles. The van der Waals surface area contributed by atoms with Crippen LogP contribution in [-0.4, -0.2) is 4.46 Å². The van der Waals surface area contributed by atoms with Gasteiger partial charge in [-0.3, -0.25) is 0 Å². The maximum atomic E-state index is 12.7. The van der Waals surface area contributed by atoms with Crippen molar-refractivity contribution in [1.29, 1.82) is 0 Å². The first-order valence-corrected chi connectivity index (χ1v) is 4.51. The molecule has 0 spiro atoms. The molecular formula is C8H12ClFS. The van der Waals surface area contributed by atoms with Crippen LogP contribution in [0.5, 0.6) is 0 Å². The largest absolute Gasteiger partial charge is 0.230 e. The molecule has 0 aliphatic carbocycles. The van der Waals surface area contributed by atoms with E-state index in [9.17, 15) is 4.39 Å². The quantitative estimate of drug-likeness (QED) is 0.482. The Labute approximate surface area is 76.5 Å². The Morgan fingerprint density at radius 3 is 2.55 bits per heavy atom. The van der Waals surface area contributed by atoms with Gasteiger partial charge in [0.25, 0.3) is 0 Å². The van der Waals surface area contributed by atoms with Crippen LogP contribution >= 0.6 is 23.4 Å². The fourth-order valence-corrected chi connectivity index (χ4v) is 1.63. The summed E-state index contributed by atoms with van der Waals surface area (Å²) in [5, 5.41) is 0. The van der Waals surface area contributed by atoms with Crippen LogP contribution in [0.25, 0.3) is 0 Å². The number of hydrogen-bond acceptors (Lipinski definition) is 1. The third kappa shape index (κ3) is 7.95. The maximum Gasteiger partial charge on any atom is 0.230 e. The van der Waals surface area contributed by atoms with Crippen LogP contribution in [0.1, 0.15) is 20.8 Å². The second-order valence-corrected chi connectivity index (χ2v) is 4.76. The Bertz CT molecular complexity index is 167. The van der Waals surface area contributed by atoms with Crippen molar-refractivity contribution in [3.05, 3.63) is 23.1 Å². The van der Waals surface area contributed by atoms with Gasteiger partial charge in [-0.2, -0.15) is 0 Å². The Kier molecular flexibility index (Phi) is 4.86. The second-order valence-electron chi connectivity index (χ2n) is 2.21. The zero-order valence-corrected chi connectivity index (χ0v) is 8.47. The van der Waals surface area contributed by atoms with Crippen molar-refractivity contribution in [2.45, 2.75) is 25.2 Å². The molecule has 3 heteroatoms. The highest BCUT2D eigenvalue weighted by Crippen LogP contribution is 2.36. The van der Waals surface area contributed by atoms with E-state index in [1.165, 1.54) is 6.92 Å². The van der Waals surface area contributed by atoms with Crippen LogP contribution in [-0.2, 0) is 0 Å². The predicted octanol–water partition coefficient (Wildman–Crippen LogP) is 4.08. The zero-order chi connectivity index (χ0) is 8.91. The van der Waals surface area contributed by atoms with Crippen molar-refractivity contribution >= 4 is 23.4 Å².